The molecule has 0 spiro atoms. The largest absolute Gasteiger partial charge is 0.322 e. The molecule has 2 aliphatic rings. The lowest BCUT2D eigenvalue weighted by Gasteiger charge is -2.41. The van der Waals surface area contributed by atoms with E-state index in [1.54, 1.807) is 0 Å². The zero-order chi connectivity index (χ0) is 35.6. The maximum Gasteiger partial charge on any atom is 0.160 e. The molecule has 0 atom stereocenters. The van der Waals surface area contributed by atoms with Gasteiger partial charge in [-0.05, 0) is 117 Å². The molecule has 0 unspecified atom stereocenters. The van der Waals surface area contributed by atoms with Crippen molar-refractivity contribution in [1.82, 2.24) is 9.97 Å². The fraction of sp³-hybridized carbons (Fsp3) is 0.318. The van der Waals surface area contributed by atoms with Gasteiger partial charge in [0.25, 0.3) is 0 Å². The Labute approximate surface area is 297 Å². The van der Waals surface area contributed by atoms with Gasteiger partial charge in [-0.25, -0.2) is 9.97 Å². The molecule has 5 aromatic rings. The van der Waals surface area contributed by atoms with Gasteiger partial charge < -0.3 is 9.80 Å². The summed E-state index contributed by atoms with van der Waals surface area (Å²) < 4.78 is 0. The van der Waals surface area contributed by atoms with Crippen LogP contribution in [0.4, 0.5) is 11.4 Å². The Morgan fingerprint density at radius 2 is 0.840 bits per heavy atom. The molecule has 254 valence electrons. The minimum absolute atomic E-state index is 0.199. The minimum atomic E-state index is -0.229. The van der Waals surface area contributed by atoms with Gasteiger partial charge in [-0.3, -0.25) is 9.98 Å². The van der Waals surface area contributed by atoms with E-state index in [0.717, 1.165) is 56.7 Å². The SMILES string of the molecule is CC1=NC(C)(C)C(C)(C)N1c1cccc(-c2cc(-c3cccc(-c4ccccc4)c3)nc(-c3cccc(N4C(C)=NC(C)(C)C4(C)C)c3)n2)c1. The first-order valence-corrected chi connectivity index (χ1v) is 17.6. The molecular weight excluding hydrogens is 613 g/mol. The summed E-state index contributed by atoms with van der Waals surface area (Å²) in [7, 11) is 0. The molecule has 4 aromatic carbocycles. The number of amidine groups is 2. The van der Waals surface area contributed by atoms with Crippen molar-refractivity contribution >= 4 is 23.0 Å². The normalized spacial score (nSPS) is 18.6. The molecule has 0 bridgehead atoms. The number of hydrogen-bond acceptors (Lipinski definition) is 6. The molecule has 2 aliphatic heterocycles. The van der Waals surface area contributed by atoms with Crippen LogP contribution in [0.1, 0.15) is 69.2 Å². The van der Waals surface area contributed by atoms with Crippen LogP contribution in [0.3, 0.4) is 0 Å². The predicted molar refractivity (Wildman–Crippen MR) is 211 cm³/mol. The number of benzene rings is 4. The highest BCUT2D eigenvalue weighted by molar-refractivity contribution is 6.01. The van der Waals surface area contributed by atoms with E-state index < -0.39 is 0 Å². The van der Waals surface area contributed by atoms with Gasteiger partial charge >= 0.3 is 0 Å². The Bertz CT molecular complexity index is 2050. The molecule has 1 aromatic heterocycles. The van der Waals surface area contributed by atoms with Crippen LogP contribution in [0.2, 0.25) is 0 Å². The van der Waals surface area contributed by atoms with Gasteiger partial charge in [0.2, 0.25) is 0 Å². The van der Waals surface area contributed by atoms with Crippen molar-refractivity contribution in [3.8, 4) is 45.0 Å². The second-order valence-electron chi connectivity index (χ2n) is 15.7. The third-order valence-electron chi connectivity index (χ3n) is 11.4. The topological polar surface area (TPSA) is 57.0 Å². The van der Waals surface area contributed by atoms with Crippen molar-refractivity contribution in [2.24, 2.45) is 9.98 Å². The highest BCUT2D eigenvalue weighted by atomic mass is 15.3. The molecule has 0 radical (unpaired) electrons. The van der Waals surface area contributed by atoms with Crippen LogP contribution >= 0.6 is 0 Å². The lowest BCUT2D eigenvalue weighted by molar-refractivity contribution is 0.338. The highest BCUT2D eigenvalue weighted by Crippen LogP contribution is 2.43. The zero-order valence-corrected chi connectivity index (χ0v) is 31.1. The van der Waals surface area contributed by atoms with Crippen molar-refractivity contribution in [3.05, 3.63) is 109 Å². The molecular formula is C44H48N6. The average molecular weight is 661 g/mol. The number of nitrogens with zero attached hydrogens (tertiary/aromatic N) is 6. The van der Waals surface area contributed by atoms with Gasteiger partial charge in [0.05, 0.1) is 33.5 Å². The Morgan fingerprint density at radius 1 is 0.420 bits per heavy atom. The summed E-state index contributed by atoms with van der Waals surface area (Å²) in [5.74, 6) is 2.71. The van der Waals surface area contributed by atoms with Crippen molar-refractivity contribution in [2.45, 2.75) is 91.4 Å². The Hall–Kier alpha value is -5.10. The molecule has 0 amide bonds. The zero-order valence-electron chi connectivity index (χ0n) is 31.1. The summed E-state index contributed by atoms with van der Waals surface area (Å²) in [5.41, 5.74) is 8.42. The van der Waals surface area contributed by atoms with Crippen molar-refractivity contribution in [3.63, 3.8) is 0 Å². The first-order valence-electron chi connectivity index (χ1n) is 17.6. The highest BCUT2D eigenvalue weighted by Gasteiger charge is 2.49. The van der Waals surface area contributed by atoms with E-state index in [2.05, 4.69) is 182 Å². The van der Waals surface area contributed by atoms with Gasteiger partial charge in [-0.1, -0.05) is 72.8 Å². The molecule has 0 aliphatic carbocycles. The molecule has 0 N–H and O–H groups in total. The van der Waals surface area contributed by atoms with Gasteiger partial charge in [0.1, 0.15) is 11.7 Å². The number of anilines is 2. The molecule has 50 heavy (non-hydrogen) atoms. The number of aliphatic imine (C=N–C) groups is 2. The van der Waals surface area contributed by atoms with E-state index in [1.165, 1.54) is 5.56 Å². The van der Waals surface area contributed by atoms with Gasteiger partial charge in [-0.2, -0.15) is 0 Å². The summed E-state index contributed by atoms with van der Waals surface area (Å²) in [6.07, 6.45) is 0. The van der Waals surface area contributed by atoms with Crippen LogP contribution in [-0.4, -0.2) is 43.8 Å². The summed E-state index contributed by atoms with van der Waals surface area (Å²) >= 11 is 0. The van der Waals surface area contributed by atoms with E-state index in [0.29, 0.717) is 5.82 Å². The second kappa shape index (κ2) is 11.8. The quantitative estimate of drug-likeness (QED) is 0.182. The molecule has 6 nitrogen and oxygen atoms in total. The lowest BCUT2D eigenvalue weighted by Crippen LogP contribution is -2.53. The third-order valence-corrected chi connectivity index (χ3v) is 11.4. The monoisotopic (exact) mass is 660 g/mol. The van der Waals surface area contributed by atoms with Gasteiger partial charge in [0, 0.05) is 28.1 Å². The van der Waals surface area contributed by atoms with Crippen LogP contribution in [0.15, 0.2) is 119 Å². The van der Waals surface area contributed by atoms with E-state index in [-0.39, 0.29) is 22.2 Å². The molecule has 0 fully saturated rings. The summed E-state index contributed by atoms with van der Waals surface area (Å²) in [4.78, 5) is 25.3. The average Bonchev–Trinajstić information content (AvgIpc) is 3.36. The summed E-state index contributed by atoms with van der Waals surface area (Å²) in [5, 5.41) is 0. The second-order valence-corrected chi connectivity index (χ2v) is 15.7. The van der Waals surface area contributed by atoms with E-state index >= 15 is 0 Å². The van der Waals surface area contributed by atoms with Gasteiger partial charge in [0.15, 0.2) is 5.82 Å². The Kier molecular flexibility index (Phi) is 7.85. The maximum absolute atomic E-state index is 5.27. The number of aromatic nitrogens is 2. The standard InChI is InChI=1S/C44H48N6/c1-29-47-41(3,4)43(7,8)49(29)36-23-15-21-34(26-36)39-28-38(33-20-14-19-32(25-33)31-17-12-11-13-18-31)45-40(46-39)35-22-16-24-37(27-35)50-30(2)48-42(5,6)44(50,9)10/h11-28H,1-10H3. The van der Waals surface area contributed by atoms with Crippen molar-refractivity contribution in [1.29, 1.82) is 0 Å². The van der Waals surface area contributed by atoms with Crippen LogP contribution < -0.4 is 9.80 Å². The summed E-state index contributed by atoms with van der Waals surface area (Å²) in [6.45, 7) is 22.1. The molecule has 7 rings (SSSR count). The van der Waals surface area contributed by atoms with Crippen LogP contribution in [-0.2, 0) is 0 Å². The molecule has 0 saturated carbocycles. The van der Waals surface area contributed by atoms with E-state index in [4.69, 9.17) is 20.0 Å². The fourth-order valence-electron chi connectivity index (χ4n) is 7.51. The Balaban J connectivity index is 1.37. The van der Waals surface area contributed by atoms with Crippen molar-refractivity contribution < 1.29 is 0 Å². The first-order chi connectivity index (χ1) is 23.6. The smallest absolute Gasteiger partial charge is 0.160 e. The van der Waals surface area contributed by atoms with Crippen molar-refractivity contribution in [2.75, 3.05) is 9.80 Å². The molecule has 0 saturated heterocycles. The van der Waals surface area contributed by atoms with Crippen LogP contribution in [0.5, 0.6) is 0 Å². The van der Waals surface area contributed by atoms with Crippen LogP contribution in [0.25, 0.3) is 45.0 Å². The summed E-state index contributed by atoms with van der Waals surface area (Å²) in [6, 6.07) is 38.5. The third kappa shape index (κ3) is 5.51. The minimum Gasteiger partial charge on any atom is -0.322 e. The Morgan fingerprint density at radius 3 is 1.34 bits per heavy atom. The van der Waals surface area contributed by atoms with E-state index in [9.17, 15) is 0 Å². The number of hydrogen-bond donors (Lipinski definition) is 0. The van der Waals surface area contributed by atoms with E-state index in [1.807, 2.05) is 6.07 Å². The number of rotatable bonds is 6. The predicted octanol–water partition coefficient (Wildman–Crippen LogP) is 10.7. The first kappa shape index (κ1) is 33.4. The van der Waals surface area contributed by atoms with Gasteiger partial charge in [-0.15, -0.1) is 0 Å². The van der Waals surface area contributed by atoms with Crippen LogP contribution in [0, 0.1) is 0 Å². The lowest BCUT2D eigenvalue weighted by atomic mass is 9.83. The fourth-order valence-corrected chi connectivity index (χ4v) is 7.51. The molecule has 6 heteroatoms. The maximum atomic E-state index is 5.27. The molecule has 3 heterocycles.